The van der Waals surface area contributed by atoms with Gasteiger partial charge in [0.1, 0.15) is 17.3 Å². The number of alkyl halides is 4. The van der Waals surface area contributed by atoms with Crippen LogP contribution in [-0.4, -0.2) is 12.2 Å². The maximum atomic E-state index is 14.4. The Labute approximate surface area is 170 Å². The third-order valence-electron chi connectivity index (χ3n) is 4.33. The molecule has 0 aliphatic heterocycles. The third-order valence-corrected chi connectivity index (χ3v) is 4.33. The van der Waals surface area contributed by atoms with Gasteiger partial charge in [-0.05, 0) is 47.9 Å². The van der Waals surface area contributed by atoms with E-state index in [1.807, 2.05) is 6.92 Å². The minimum atomic E-state index is -4.97. The van der Waals surface area contributed by atoms with E-state index in [0.717, 1.165) is 36.6 Å². The molecule has 0 saturated carbocycles. The second-order valence-electron chi connectivity index (χ2n) is 6.63. The molecule has 0 aromatic heterocycles. The molecule has 3 rings (SSSR count). The summed E-state index contributed by atoms with van der Waals surface area (Å²) in [6.07, 6.45) is -8.31. The molecule has 3 aromatic carbocycles. The van der Waals surface area contributed by atoms with Gasteiger partial charge in [-0.1, -0.05) is 55.8 Å². The number of halogens is 5. The van der Waals surface area contributed by atoms with Gasteiger partial charge < -0.3 is 9.47 Å². The number of hydrogen-bond donors (Lipinski definition) is 0. The molecular formula is C23H19F5O2. The van der Waals surface area contributed by atoms with Crippen molar-refractivity contribution in [2.24, 2.45) is 0 Å². The van der Waals surface area contributed by atoms with Gasteiger partial charge in [0, 0.05) is 5.56 Å². The Morgan fingerprint density at radius 1 is 0.733 bits per heavy atom. The Morgan fingerprint density at radius 2 is 1.33 bits per heavy atom. The van der Waals surface area contributed by atoms with Crippen LogP contribution in [0.15, 0.2) is 72.8 Å². The van der Waals surface area contributed by atoms with Crippen molar-refractivity contribution < 1.29 is 31.4 Å². The molecule has 7 heteroatoms. The minimum absolute atomic E-state index is 0.108. The highest BCUT2D eigenvalue weighted by Gasteiger charge is 2.63. The average Bonchev–Trinajstić information content (AvgIpc) is 2.70. The van der Waals surface area contributed by atoms with Crippen LogP contribution in [0.2, 0.25) is 0 Å². The van der Waals surface area contributed by atoms with Gasteiger partial charge in [0.25, 0.3) is 0 Å². The van der Waals surface area contributed by atoms with E-state index < -0.39 is 29.5 Å². The fourth-order valence-electron chi connectivity index (χ4n) is 2.84. The molecule has 158 valence electrons. The third kappa shape index (κ3) is 4.90. The highest BCUT2D eigenvalue weighted by Crippen LogP contribution is 2.41. The molecule has 0 unspecified atom stereocenters. The van der Waals surface area contributed by atoms with E-state index >= 15 is 0 Å². The van der Waals surface area contributed by atoms with Gasteiger partial charge in [-0.3, -0.25) is 0 Å². The Hall–Kier alpha value is -3.09. The van der Waals surface area contributed by atoms with Crippen molar-refractivity contribution in [2.45, 2.75) is 32.0 Å². The van der Waals surface area contributed by atoms with Gasteiger partial charge in [0.2, 0.25) is 0 Å². The van der Waals surface area contributed by atoms with Crippen LogP contribution in [0.3, 0.4) is 0 Å². The van der Waals surface area contributed by atoms with Crippen molar-refractivity contribution in [3.8, 4) is 22.6 Å². The van der Waals surface area contributed by atoms with Gasteiger partial charge in [-0.15, -0.1) is 0 Å². The SMILES string of the molecule is CCCc1ccc(OC(F)(F)C(F)(F)Oc2ccccc2-c2ccc(F)cc2)cc1. The van der Waals surface area contributed by atoms with Crippen molar-refractivity contribution in [1.29, 1.82) is 0 Å². The summed E-state index contributed by atoms with van der Waals surface area (Å²) in [7, 11) is 0. The van der Waals surface area contributed by atoms with Crippen molar-refractivity contribution in [3.63, 3.8) is 0 Å². The van der Waals surface area contributed by atoms with Crippen LogP contribution in [0.4, 0.5) is 22.0 Å². The predicted molar refractivity (Wildman–Crippen MR) is 103 cm³/mol. The fraction of sp³-hybridized carbons (Fsp3) is 0.217. The molecule has 0 atom stereocenters. The number of aryl methyl sites for hydroxylation is 1. The molecule has 30 heavy (non-hydrogen) atoms. The van der Waals surface area contributed by atoms with Gasteiger partial charge in [-0.2, -0.15) is 17.6 Å². The zero-order valence-electron chi connectivity index (χ0n) is 16.0. The van der Waals surface area contributed by atoms with Gasteiger partial charge >= 0.3 is 12.2 Å². The zero-order chi connectivity index (χ0) is 21.8. The molecule has 0 radical (unpaired) electrons. The van der Waals surface area contributed by atoms with Crippen LogP contribution in [0.5, 0.6) is 11.5 Å². The minimum Gasteiger partial charge on any atom is -0.425 e. The summed E-state index contributed by atoms with van der Waals surface area (Å²) < 4.78 is 79.1. The summed E-state index contributed by atoms with van der Waals surface area (Å²) in [4.78, 5) is 0. The quantitative estimate of drug-likeness (QED) is 0.361. The van der Waals surface area contributed by atoms with Crippen molar-refractivity contribution in [2.75, 3.05) is 0 Å². The maximum absolute atomic E-state index is 14.4. The molecule has 0 fully saturated rings. The van der Waals surface area contributed by atoms with E-state index in [2.05, 4.69) is 9.47 Å². The molecule has 0 N–H and O–H groups in total. The molecule has 0 aliphatic rings. The first-order valence-corrected chi connectivity index (χ1v) is 9.29. The summed E-state index contributed by atoms with van der Waals surface area (Å²) in [6, 6.07) is 15.9. The molecule has 0 spiro atoms. The van der Waals surface area contributed by atoms with Crippen LogP contribution in [0.1, 0.15) is 18.9 Å². The van der Waals surface area contributed by atoms with Crippen LogP contribution in [0.25, 0.3) is 11.1 Å². The molecule has 0 bridgehead atoms. The summed E-state index contributed by atoms with van der Waals surface area (Å²) in [5, 5.41) is 0. The van der Waals surface area contributed by atoms with Crippen LogP contribution in [-0.2, 0) is 6.42 Å². The van der Waals surface area contributed by atoms with E-state index in [0.29, 0.717) is 5.56 Å². The second kappa shape index (κ2) is 8.73. The van der Waals surface area contributed by atoms with E-state index in [1.54, 1.807) is 0 Å². The number of rotatable bonds is 8. The Kier molecular flexibility index (Phi) is 6.29. The molecule has 0 amide bonds. The molecule has 0 heterocycles. The lowest BCUT2D eigenvalue weighted by Gasteiger charge is -2.27. The topological polar surface area (TPSA) is 18.5 Å². The van der Waals surface area contributed by atoms with E-state index in [9.17, 15) is 22.0 Å². The van der Waals surface area contributed by atoms with Crippen molar-refractivity contribution in [1.82, 2.24) is 0 Å². The van der Waals surface area contributed by atoms with Crippen molar-refractivity contribution in [3.05, 3.63) is 84.2 Å². The Bertz CT molecular complexity index is 970. The highest BCUT2D eigenvalue weighted by molar-refractivity contribution is 5.70. The monoisotopic (exact) mass is 422 g/mol. The first-order chi connectivity index (χ1) is 14.2. The van der Waals surface area contributed by atoms with Crippen LogP contribution < -0.4 is 9.47 Å². The lowest BCUT2D eigenvalue weighted by molar-refractivity contribution is -0.379. The predicted octanol–water partition coefficient (Wildman–Crippen LogP) is 7.09. The molecule has 2 nitrogen and oxygen atoms in total. The Balaban J connectivity index is 1.82. The van der Waals surface area contributed by atoms with Crippen LogP contribution in [0, 0.1) is 5.82 Å². The highest BCUT2D eigenvalue weighted by atomic mass is 19.3. The lowest BCUT2D eigenvalue weighted by Crippen LogP contribution is -2.49. The Morgan fingerprint density at radius 3 is 1.97 bits per heavy atom. The standard InChI is InChI=1S/C23H19F5O2/c1-2-5-16-8-14-19(15-9-16)29-22(25,26)23(27,28)30-21-7-4-3-6-20(21)17-10-12-18(24)13-11-17/h3-4,6-15H,2,5H2,1H3. The first kappa shape index (κ1) is 21.6. The number of para-hydroxylation sites is 1. The molecule has 3 aromatic rings. The average molecular weight is 422 g/mol. The summed E-state index contributed by atoms with van der Waals surface area (Å²) in [6.45, 7) is 1.96. The first-order valence-electron chi connectivity index (χ1n) is 9.29. The number of benzene rings is 3. The lowest BCUT2D eigenvalue weighted by atomic mass is 10.0. The second-order valence-corrected chi connectivity index (χ2v) is 6.63. The number of ether oxygens (including phenoxy) is 2. The molecule has 0 aliphatic carbocycles. The van der Waals surface area contributed by atoms with E-state index in [1.165, 1.54) is 54.6 Å². The largest absolute Gasteiger partial charge is 0.507 e. The maximum Gasteiger partial charge on any atom is 0.507 e. The smallest absolute Gasteiger partial charge is 0.425 e. The zero-order valence-corrected chi connectivity index (χ0v) is 16.0. The van der Waals surface area contributed by atoms with Gasteiger partial charge in [0.15, 0.2) is 0 Å². The molecular weight excluding hydrogens is 403 g/mol. The van der Waals surface area contributed by atoms with Crippen molar-refractivity contribution >= 4 is 0 Å². The van der Waals surface area contributed by atoms with Crippen LogP contribution >= 0.6 is 0 Å². The van der Waals surface area contributed by atoms with Gasteiger partial charge in [-0.25, -0.2) is 4.39 Å². The molecule has 0 saturated heterocycles. The summed E-state index contributed by atoms with van der Waals surface area (Å²) >= 11 is 0. The normalized spacial score (nSPS) is 11.9. The summed E-state index contributed by atoms with van der Waals surface area (Å²) in [5.41, 5.74) is 1.32. The number of hydrogen-bond acceptors (Lipinski definition) is 2. The fourth-order valence-corrected chi connectivity index (χ4v) is 2.84. The van der Waals surface area contributed by atoms with E-state index in [-0.39, 0.29) is 5.56 Å². The van der Waals surface area contributed by atoms with E-state index in [4.69, 9.17) is 0 Å². The summed E-state index contributed by atoms with van der Waals surface area (Å²) in [5.74, 6) is -1.42. The van der Waals surface area contributed by atoms with Gasteiger partial charge in [0.05, 0.1) is 0 Å².